The molecule has 0 fully saturated rings. The molecule has 2 N–H and O–H groups in total. The van der Waals surface area contributed by atoms with Crippen molar-refractivity contribution in [2.75, 3.05) is 11.9 Å². The van der Waals surface area contributed by atoms with Gasteiger partial charge in [-0.25, -0.2) is 13.6 Å². The van der Waals surface area contributed by atoms with E-state index in [-0.39, 0.29) is 22.9 Å². The van der Waals surface area contributed by atoms with E-state index in [2.05, 4.69) is 10.6 Å². The highest BCUT2D eigenvalue weighted by Gasteiger charge is 2.17. The van der Waals surface area contributed by atoms with E-state index in [4.69, 9.17) is 4.74 Å². The molecule has 32 heavy (non-hydrogen) atoms. The van der Waals surface area contributed by atoms with Gasteiger partial charge in [0.1, 0.15) is 11.6 Å². The molecular weight excluding hydrogens is 418 g/mol. The van der Waals surface area contributed by atoms with Crippen molar-refractivity contribution in [2.24, 2.45) is 0 Å². The third kappa shape index (κ3) is 5.98. The van der Waals surface area contributed by atoms with Crippen LogP contribution in [-0.2, 0) is 9.53 Å². The van der Waals surface area contributed by atoms with E-state index in [1.54, 1.807) is 18.2 Å². The van der Waals surface area contributed by atoms with Gasteiger partial charge in [0, 0.05) is 6.07 Å². The normalized spacial score (nSPS) is 11.3. The number of carbonyl (C=O) groups excluding carboxylic acids is 3. The number of ether oxygens (including phenoxy) is 1. The summed E-state index contributed by atoms with van der Waals surface area (Å²) in [5, 5.41) is 5.37. The predicted molar refractivity (Wildman–Crippen MR) is 114 cm³/mol. The topological polar surface area (TPSA) is 84.5 Å². The molecule has 0 aliphatic rings. The van der Waals surface area contributed by atoms with Crippen LogP contribution in [0.2, 0.25) is 0 Å². The van der Waals surface area contributed by atoms with E-state index in [0.717, 1.165) is 17.7 Å². The van der Waals surface area contributed by atoms with Crippen LogP contribution in [0.4, 0.5) is 14.5 Å². The average Bonchev–Trinajstić information content (AvgIpc) is 2.77. The molecule has 8 heteroatoms. The second kappa shape index (κ2) is 10.3. The smallest absolute Gasteiger partial charge is 0.338 e. The zero-order chi connectivity index (χ0) is 23.1. The van der Waals surface area contributed by atoms with Gasteiger partial charge in [0.2, 0.25) is 0 Å². The number of nitrogens with one attached hydrogen (secondary N) is 2. The molecule has 0 aliphatic carbocycles. The molecular formula is C24H20F2N2O4. The van der Waals surface area contributed by atoms with Crippen LogP contribution in [0.25, 0.3) is 0 Å². The fraction of sp³-hybridized carbons (Fsp3) is 0.125. The van der Waals surface area contributed by atoms with Gasteiger partial charge in [0.05, 0.1) is 22.9 Å². The van der Waals surface area contributed by atoms with Gasteiger partial charge in [-0.15, -0.1) is 0 Å². The van der Waals surface area contributed by atoms with E-state index in [0.29, 0.717) is 6.07 Å². The number of rotatable bonds is 7. The van der Waals surface area contributed by atoms with Gasteiger partial charge in [-0.1, -0.05) is 42.5 Å². The van der Waals surface area contributed by atoms with Crippen molar-refractivity contribution in [3.05, 3.63) is 101 Å². The number of anilines is 1. The highest BCUT2D eigenvalue weighted by molar-refractivity contribution is 6.04. The molecule has 164 valence electrons. The van der Waals surface area contributed by atoms with Crippen LogP contribution < -0.4 is 10.6 Å². The van der Waals surface area contributed by atoms with Crippen molar-refractivity contribution in [1.82, 2.24) is 5.32 Å². The molecule has 0 heterocycles. The lowest BCUT2D eigenvalue weighted by atomic mass is 10.1. The molecule has 3 aromatic rings. The number of amides is 2. The Morgan fingerprint density at radius 1 is 0.906 bits per heavy atom. The summed E-state index contributed by atoms with van der Waals surface area (Å²) in [5.74, 6) is -4.05. The van der Waals surface area contributed by atoms with Crippen molar-refractivity contribution in [3.8, 4) is 0 Å². The number of carbonyl (C=O) groups is 3. The van der Waals surface area contributed by atoms with Gasteiger partial charge in [-0.2, -0.15) is 0 Å². The quantitative estimate of drug-likeness (QED) is 0.540. The minimum atomic E-state index is -1.05. The van der Waals surface area contributed by atoms with Gasteiger partial charge in [0.25, 0.3) is 11.8 Å². The summed E-state index contributed by atoms with van der Waals surface area (Å²) in [5.41, 5.74) is 1.01. The third-order valence-electron chi connectivity index (χ3n) is 4.53. The first-order chi connectivity index (χ1) is 15.3. The highest BCUT2D eigenvalue weighted by atomic mass is 19.1. The number of benzene rings is 3. The van der Waals surface area contributed by atoms with Gasteiger partial charge in [-0.3, -0.25) is 9.59 Å². The Labute approximate surface area is 183 Å². The molecule has 0 bridgehead atoms. The van der Waals surface area contributed by atoms with Gasteiger partial charge >= 0.3 is 5.97 Å². The lowest BCUT2D eigenvalue weighted by molar-refractivity contribution is -0.119. The van der Waals surface area contributed by atoms with Crippen molar-refractivity contribution in [3.63, 3.8) is 0 Å². The molecule has 2 amide bonds. The number of halogens is 2. The maximum absolute atomic E-state index is 13.2. The van der Waals surface area contributed by atoms with Crippen LogP contribution >= 0.6 is 0 Å². The van der Waals surface area contributed by atoms with Crippen LogP contribution in [0.3, 0.4) is 0 Å². The molecule has 3 rings (SSSR count). The van der Waals surface area contributed by atoms with Crippen LogP contribution in [0.1, 0.15) is 39.2 Å². The van der Waals surface area contributed by atoms with Crippen LogP contribution in [0, 0.1) is 11.6 Å². The molecule has 3 aromatic carbocycles. The first-order valence-electron chi connectivity index (χ1n) is 9.71. The Morgan fingerprint density at radius 3 is 2.22 bits per heavy atom. The second-order valence-corrected chi connectivity index (χ2v) is 6.93. The van der Waals surface area contributed by atoms with Crippen molar-refractivity contribution in [1.29, 1.82) is 0 Å². The minimum absolute atomic E-state index is 0.224. The van der Waals surface area contributed by atoms with Crippen LogP contribution in [-0.4, -0.2) is 24.4 Å². The first-order valence-corrected chi connectivity index (χ1v) is 9.71. The van der Waals surface area contributed by atoms with E-state index in [1.165, 1.54) is 6.07 Å². The summed E-state index contributed by atoms with van der Waals surface area (Å²) in [6.45, 7) is 1.14. The van der Waals surface area contributed by atoms with E-state index < -0.39 is 36.0 Å². The lowest BCUT2D eigenvalue weighted by Crippen LogP contribution is -2.28. The maximum atomic E-state index is 13.2. The van der Waals surface area contributed by atoms with Gasteiger partial charge in [0.15, 0.2) is 6.61 Å². The molecule has 0 aromatic heterocycles. The highest BCUT2D eigenvalue weighted by Crippen LogP contribution is 2.18. The van der Waals surface area contributed by atoms with E-state index in [9.17, 15) is 23.2 Å². The molecule has 1 unspecified atom stereocenters. The zero-order valence-electron chi connectivity index (χ0n) is 17.1. The monoisotopic (exact) mass is 438 g/mol. The summed E-state index contributed by atoms with van der Waals surface area (Å²) in [6.07, 6.45) is 0. The van der Waals surface area contributed by atoms with Crippen LogP contribution in [0.15, 0.2) is 72.8 Å². The summed E-state index contributed by atoms with van der Waals surface area (Å²) in [7, 11) is 0. The minimum Gasteiger partial charge on any atom is -0.452 e. The fourth-order valence-electron chi connectivity index (χ4n) is 2.96. The molecule has 0 saturated heterocycles. The molecule has 1 atom stereocenters. The van der Waals surface area contributed by atoms with Crippen molar-refractivity contribution in [2.45, 2.75) is 13.0 Å². The van der Waals surface area contributed by atoms with Crippen LogP contribution in [0.5, 0.6) is 0 Å². The number of para-hydroxylation sites is 1. The maximum Gasteiger partial charge on any atom is 0.338 e. The van der Waals surface area contributed by atoms with Crippen molar-refractivity contribution >= 4 is 23.5 Å². The second-order valence-electron chi connectivity index (χ2n) is 6.93. The summed E-state index contributed by atoms with van der Waals surface area (Å²) >= 11 is 0. The number of esters is 1. The molecule has 0 aliphatic heterocycles. The summed E-state index contributed by atoms with van der Waals surface area (Å²) < 4.78 is 31.3. The molecule has 0 radical (unpaired) electrons. The zero-order valence-corrected chi connectivity index (χ0v) is 17.1. The SMILES string of the molecule is CC(NC(=O)c1ccccc1NC(=O)COC(=O)c1cc(F)cc(F)c1)c1ccccc1. The largest absolute Gasteiger partial charge is 0.452 e. The van der Waals surface area contributed by atoms with Gasteiger partial charge < -0.3 is 15.4 Å². The van der Waals surface area contributed by atoms with Crippen molar-refractivity contribution < 1.29 is 27.9 Å². The Hall–Kier alpha value is -4.07. The molecule has 0 spiro atoms. The lowest BCUT2D eigenvalue weighted by Gasteiger charge is -2.16. The number of hydrogen-bond donors (Lipinski definition) is 2. The fourth-order valence-corrected chi connectivity index (χ4v) is 2.96. The van der Waals surface area contributed by atoms with E-state index >= 15 is 0 Å². The Morgan fingerprint density at radius 2 is 1.53 bits per heavy atom. The average molecular weight is 438 g/mol. The molecule has 0 saturated carbocycles. The standard InChI is InChI=1S/C24H20F2N2O4/c1-15(16-7-3-2-4-8-16)27-23(30)20-9-5-6-10-21(20)28-22(29)14-32-24(31)17-11-18(25)13-19(26)12-17/h2-13,15H,14H2,1H3,(H,27,30)(H,28,29). The Bertz CT molecular complexity index is 1120. The Balaban J connectivity index is 1.62. The third-order valence-corrected chi connectivity index (χ3v) is 4.53. The Kier molecular flexibility index (Phi) is 7.28. The predicted octanol–water partition coefficient (Wildman–Crippen LogP) is 4.25. The van der Waals surface area contributed by atoms with E-state index in [1.807, 2.05) is 37.3 Å². The van der Waals surface area contributed by atoms with Gasteiger partial charge in [-0.05, 0) is 36.8 Å². The first kappa shape index (κ1) is 22.6. The summed E-state index contributed by atoms with van der Waals surface area (Å²) in [4.78, 5) is 36.9. The summed E-state index contributed by atoms with van der Waals surface area (Å²) in [6, 6.07) is 17.7. The molecule has 6 nitrogen and oxygen atoms in total. The number of hydrogen-bond acceptors (Lipinski definition) is 4.